The van der Waals surface area contributed by atoms with Gasteiger partial charge in [-0.05, 0) is 35.7 Å². The molecular weight excluding hydrogens is 409 g/mol. The van der Waals surface area contributed by atoms with Crippen molar-refractivity contribution in [2.24, 2.45) is 0 Å². The number of rotatable bonds is 6. The van der Waals surface area contributed by atoms with Crippen molar-refractivity contribution in [3.63, 3.8) is 0 Å². The molecule has 6 nitrogen and oxygen atoms in total. The van der Waals surface area contributed by atoms with Crippen LogP contribution in [0.5, 0.6) is 5.75 Å². The molecule has 0 aliphatic rings. The van der Waals surface area contributed by atoms with Crippen molar-refractivity contribution in [1.82, 2.24) is 0 Å². The second-order valence-corrected chi connectivity index (χ2v) is 7.67. The Balaban J connectivity index is 0.00000288. The third-order valence-electron chi connectivity index (χ3n) is 2.55. The smallest absolute Gasteiger partial charge is 0.776 e. The standard InChI is InChI=1S/C13H11Cl2O6PS.Na/c14-8-3-5-9(6-4-8)20-11(15)12(16)21-13(22(17,18)19)10-2-1-7-23-10;/h1-7,11,13H,(H2,17,18,19);/q;+1/p-1. The Morgan fingerprint density at radius 1 is 1.29 bits per heavy atom. The molecule has 1 aromatic heterocycles. The number of ether oxygens (including phenoxy) is 2. The summed E-state index contributed by atoms with van der Waals surface area (Å²) in [6, 6.07) is 8.98. The van der Waals surface area contributed by atoms with E-state index in [-0.39, 0.29) is 40.2 Å². The maximum atomic E-state index is 11.9. The first-order valence-electron chi connectivity index (χ1n) is 6.11. The van der Waals surface area contributed by atoms with Gasteiger partial charge in [-0.1, -0.05) is 29.3 Å². The SMILES string of the molecule is O=C(OC(c1cccs1)P(=O)([O-])O)C(Cl)Oc1ccc(Cl)cc1.[Na+]. The summed E-state index contributed by atoms with van der Waals surface area (Å²) in [7, 11) is -4.96. The Bertz CT molecular complexity index is 706. The van der Waals surface area contributed by atoms with Gasteiger partial charge in [0.05, 0.1) is 4.88 Å². The fourth-order valence-corrected chi connectivity index (χ4v) is 3.70. The van der Waals surface area contributed by atoms with E-state index in [9.17, 15) is 19.1 Å². The average Bonchev–Trinajstić information content (AvgIpc) is 2.99. The zero-order valence-corrected chi connectivity index (χ0v) is 17.5. The first kappa shape index (κ1) is 22.0. The molecule has 24 heavy (non-hydrogen) atoms. The Morgan fingerprint density at radius 3 is 2.42 bits per heavy atom. The van der Waals surface area contributed by atoms with Gasteiger partial charge >= 0.3 is 35.5 Å². The van der Waals surface area contributed by atoms with E-state index in [1.807, 2.05) is 0 Å². The number of esters is 1. The summed E-state index contributed by atoms with van der Waals surface area (Å²) < 4.78 is 21.3. The van der Waals surface area contributed by atoms with Crippen LogP contribution >= 0.6 is 42.1 Å². The first-order chi connectivity index (χ1) is 10.8. The van der Waals surface area contributed by atoms with Gasteiger partial charge in [-0.15, -0.1) is 11.3 Å². The molecule has 0 spiro atoms. The van der Waals surface area contributed by atoms with Crippen molar-refractivity contribution in [2.75, 3.05) is 0 Å². The van der Waals surface area contributed by atoms with E-state index in [1.165, 1.54) is 30.3 Å². The van der Waals surface area contributed by atoms with Crippen molar-refractivity contribution in [1.29, 1.82) is 0 Å². The van der Waals surface area contributed by atoms with E-state index < -0.39 is 25.0 Å². The van der Waals surface area contributed by atoms with E-state index in [1.54, 1.807) is 11.4 Å². The van der Waals surface area contributed by atoms with Gasteiger partial charge in [0.25, 0.3) is 5.56 Å². The third-order valence-corrected chi connectivity index (χ3v) is 5.13. The van der Waals surface area contributed by atoms with Crippen LogP contribution in [0.15, 0.2) is 41.8 Å². The van der Waals surface area contributed by atoms with Crippen molar-refractivity contribution in [3.05, 3.63) is 51.7 Å². The van der Waals surface area contributed by atoms with Gasteiger partial charge in [-0.2, -0.15) is 0 Å². The molecule has 0 amide bonds. The zero-order chi connectivity index (χ0) is 17.0. The van der Waals surface area contributed by atoms with Crippen molar-refractivity contribution >= 4 is 48.1 Å². The number of halogens is 2. The predicted octanol–water partition coefficient (Wildman–Crippen LogP) is 0.137. The number of hydrogen-bond acceptors (Lipinski definition) is 6. The number of carbonyl (C=O) groups is 1. The molecule has 3 atom stereocenters. The van der Waals surface area contributed by atoms with Crippen molar-refractivity contribution in [2.45, 2.75) is 11.4 Å². The summed E-state index contributed by atoms with van der Waals surface area (Å²) >= 11 is 12.5. The molecule has 124 valence electrons. The molecule has 2 rings (SSSR count). The molecule has 0 radical (unpaired) electrons. The number of thiophene rings is 1. The van der Waals surface area contributed by atoms with Gasteiger partial charge in [-0.3, -0.25) is 0 Å². The first-order valence-corrected chi connectivity index (χ1v) is 9.45. The average molecular weight is 419 g/mol. The number of hydrogen-bond donors (Lipinski definition) is 1. The number of carbonyl (C=O) groups excluding carboxylic acids is 1. The fourth-order valence-electron chi connectivity index (χ4n) is 1.56. The van der Waals surface area contributed by atoms with Crippen LogP contribution in [0.25, 0.3) is 0 Å². The Morgan fingerprint density at radius 2 is 1.92 bits per heavy atom. The topological polar surface area (TPSA) is 95.9 Å². The van der Waals surface area contributed by atoms with Gasteiger partial charge in [0.15, 0.2) is 13.4 Å². The summed E-state index contributed by atoms with van der Waals surface area (Å²) in [5, 5.41) is 2.05. The maximum absolute atomic E-state index is 11.9. The molecule has 0 fully saturated rings. The van der Waals surface area contributed by atoms with E-state index in [4.69, 9.17) is 32.7 Å². The quantitative estimate of drug-likeness (QED) is 0.310. The monoisotopic (exact) mass is 418 g/mol. The summed E-state index contributed by atoms with van der Waals surface area (Å²) in [4.78, 5) is 32.7. The van der Waals surface area contributed by atoms with Crippen molar-refractivity contribution in [3.8, 4) is 5.75 Å². The minimum Gasteiger partial charge on any atom is -0.776 e. The third kappa shape index (κ3) is 6.33. The largest absolute Gasteiger partial charge is 1.00 e. The maximum Gasteiger partial charge on any atom is 1.00 e. The van der Waals surface area contributed by atoms with Crippen LogP contribution in [0.4, 0.5) is 0 Å². The van der Waals surface area contributed by atoms with Crippen LogP contribution in [0.1, 0.15) is 10.7 Å². The van der Waals surface area contributed by atoms with Gasteiger partial charge < -0.3 is 23.8 Å². The van der Waals surface area contributed by atoms with Gasteiger partial charge in [0, 0.05) is 5.02 Å². The van der Waals surface area contributed by atoms with Crippen LogP contribution in [0.2, 0.25) is 5.02 Å². The Kier molecular flexibility index (Phi) is 8.76. The Labute approximate surface area is 174 Å². The van der Waals surface area contributed by atoms with E-state index in [0.717, 1.165) is 11.3 Å². The van der Waals surface area contributed by atoms with E-state index >= 15 is 0 Å². The molecule has 1 heterocycles. The molecule has 2 aromatic rings. The van der Waals surface area contributed by atoms with Crippen molar-refractivity contribution < 1.29 is 58.2 Å². The van der Waals surface area contributed by atoms with Gasteiger partial charge in [0.2, 0.25) is 0 Å². The van der Waals surface area contributed by atoms with Gasteiger partial charge in [0.1, 0.15) is 5.75 Å². The summed E-state index contributed by atoms with van der Waals surface area (Å²) in [6.45, 7) is 0. The van der Waals surface area contributed by atoms with Crippen LogP contribution < -0.4 is 39.2 Å². The molecule has 11 heteroatoms. The molecule has 1 N–H and O–H groups in total. The molecule has 0 bridgehead atoms. The van der Waals surface area contributed by atoms with Gasteiger partial charge in [-0.25, -0.2) is 4.79 Å². The number of alkyl halides is 1. The molecular formula is C13H10Cl2NaO6PS. The van der Waals surface area contributed by atoms with Crippen LogP contribution in [-0.2, 0) is 14.1 Å². The molecule has 3 unspecified atom stereocenters. The normalized spacial score (nSPS) is 15.5. The summed E-state index contributed by atoms with van der Waals surface area (Å²) in [5.74, 6) is -2.73. The van der Waals surface area contributed by atoms with Crippen LogP contribution in [0.3, 0.4) is 0 Å². The van der Waals surface area contributed by atoms with Crippen LogP contribution in [-0.4, -0.2) is 16.4 Å². The minimum atomic E-state index is -4.96. The van der Waals surface area contributed by atoms with E-state index in [2.05, 4.69) is 0 Å². The molecule has 0 saturated carbocycles. The molecule has 0 aliphatic carbocycles. The minimum absolute atomic E-state index is 0. The zero-order valence-electron chi connectivity index (χ0n) is 12.3. The van der Waals surface area contributed by atoms with Crippen LogP contribution in [0, 0.1) is 0 Å². The molecule has 0 aliphatic heterocycles. The molecule has 1 aromatic carbocycles. The fraction of sp³-hybridized carbons (Fsp3) is 0.154. The van der Waals surface area contributed by atoms with E-state index in [0.29, 0.717) is 5.02 Å². The second kappa shape index (κ2) is 9.57. The molecule has 0 saturated heterocycles. The Hall–Kier alpha value is -0.0800. The number of benzene rings is 1. The second-order valence-electron chi connectivity index (χ2n) is 4.26. The summed E-state index contributed by atoms with van der Waals surface area (Å²) in [5.41, 5.74) is -1.59. The summed E-state index contributed by atoms with van der Waals surface area (Å²) in [6.07, 6.45) is 0. The predicted molar refractivity (Wildman–Crippen MR) is 84.7 cm³/mol.